The molecule has 0 aliphatic heterocycles. The van der Waals surface area contributed by atoms with E-state index in [0.29, 0.717) is 6.29 Å². The summed E-state index contributed by atoms with van der Waals surface area (Å²) in [4.78, 5) is 9.47. The van der Waals surface area contributed by atoms with Crippen molar-refractivity contribution in [2.75, 3.05) is 6.26 Å². The summed E-state index contributed by atoms with van der Waals surface area (Å²) in [6.07, 6.45) is 2.16. The van der Waals surface area contributed by atoms with Crippen LogP contribution in [0, 0.1) is 0 Å². The Labute approximate surface area is 40.5 Å². The Bertz CT molecular complexity index is 46.1. The zero-order chi connectivity index (χ0) is 4.99. The summed E-state index contributed by atoms with van der Waals surface area (Å²) in [5.41, 5.74) is -0.829. The fourth-order valence-corrected chi connectivity index (χ4v) is 0.167. The Morgan fingerprint density at radius 3 is 2.50 bits per heavy atom. The van der Waals surface area contributed by atoms with Gasteiger partial charge in [0.1, 0.15) is 0 Å². The first-order chi connectivity index (χ1) is 2.81. The molecule has 1 atom stereocenters. The normalized spacial score (nSPS) is 13.7. The monoisotopic (exact) mass is 106 g/mol. The molecule has 0 aliphatic carbocycles. The van der Waals surface area contributed by atoms with Gasteiger partial charge in [0.05, 0.1) is 0 Å². The molecule has 0 bridgehead atoms. The molecule has 1 N–H and O–H groups in total. The zero-order valence-corrected chi connectivity index (χ0v) is 4.23. The maximum Gasteiger partial charge on any atom is 0.158 e. The minimum atomic E-state index is -0.829. The summed E-state index contributed by atoms with van der Waals surface area (Å²) in [7, 11) is 0. The standard InChI is InChI=1S/C3H6O2S/c1-6-3(5)2-4/h2-3,5H,1H3. The number of thioether (sulfide) groups is 1. The quantitative estimate of drug-likeness (QED) is 0.393. The summed E-state index contributed by atoms with van der Waals surface area (Å²) in [5, 5.41) is 8.26. The summed E-state index contributed by atoms with van der Waals surface area (Å²) >= 11 is 1.11. The lowest BCUT2D eigenvalue weighted by Crippen LogP contribution is -1.98. The van der Waals surface area contributed by atoms with E-state index in [1.165, 1.54) is 0 Å². The van der Waals surface area contributed by atoms with Crippen molar-refractivity contribution in [3.05, 3.63) is 0 Å². The average molecular weight is 106 g/mol. The van der Waals surface area contributed by atoms with Gasteiger partial charge in [-0.3, -0.25) is 4.79 Å². The van der Waals surface area contributed by atoms with Gasteiger partial charge in [0.15, 0.2) is 11.7 Å². The van der Waals surface area contributed by atoms with Gasteiger partial charge in [-0.1, -0.05) is 0 Å². The van der Waals surface area contributed by atoms with E-state index >= 15 is 0 Å². The lowest BCUT2D eigenvalue weighted by atomic mass is 10.8. The van der Waals surface area contributed by atoms with Gasteiger partial charge in [0.25, 0.3) is 0 Å². The zero-order valence-electron chi connectivity index (χ0n) is 3.42. The van der Waals surface area contributed by atoms with Crippen molar-refractivity contribution in [1.82, 2.24) is 0 Å². The van der Waals surface area contributed by atoms with Crippen LogP contribution < -0.4 is 0 Å². The van der Waals surface area contributed by atoms with Crippen LogP contribution in [-0.4, -0.2) is 23.1 Å². The minimum absolute atomic E-state index is 0.491. The molecule has 0 aromatic rings. The molecule has 6 heavy (non-hydrogen) atoms. The average Bonchev–Trinajstić information content (AvgIpc) is 1.65. The molecule has 0 fully saturated rings. The van der Waals surface area contributed by atoms with Gasteiger partial charge in [-0.05, 0) is 6.26 Å². The topological polar surface area (TPSA) is 37.3 Å². The number of hydrogen-bond acceptors (Lipinski definition) is 3. The molecule has 0 saturated heterocycles. The van der Waals surface area contributed by atoms with Crippen LogP contribution in [0.1, 0.15) is 0 Å². The predicted octanol–water partition coefficient (Wildman–Crippen LogP) is -0.133. The number of carbonyl (C=O) groups is 1. The largest absolute Gasteiger partial charge is 0.375 e. The SMILES string of the molecule is CSC(O)C=O. The molecule has 0 spiro atoms. The number of carbonyl (C=O) groups excluding carboxylic acids is 1. The van der Waals surface area contributed by atoms with Gasteiger partial charge in [-0.2, -0.15) is 0 Å². The van der Waals surface area contributed by atoms with Gasteiger partial charge in [0.2, 0.25) is 0 Å². The maximum atomic E-state index is 9.47. The molecule has 0 saturated carbocycles. The maximum absolute atomic E-state index is 9.47. The molecule has 0 amide bonds. The van der Waals surface area contributed by atoms with Crippen LogP contribution in [0.15, 0.2) is 0 Å². The van der Waals surface area contributed by atoms with Crippen LogP contribution in [0.5, 0.6) is 0 Å². The third-order valence-corrected chi connectivity index (χ3v) is 0.952. The fourth-order valence-electron chi connectivity index (χ4n) is 0.0556. The third-order valence-electron chi connectivity index (χ3n) is 0.358. The number of aliphatic hydroxyl groups excluding tert-OH is 1. The first-order valence-corrected chi connectivity index (χ1v) is 2.76. The van der Waals surface area contributed by atoms with Crippen LogP contribution in [-0.2, 0) is 4.79 Å². The molecular formula is C3H6O2S. The van der Waals surface area contributed by atoms with E-state index in [1.54, 1.807) is 6.26 Å². The van der Waals surface area contributed by atoms with Gasteiger partial charge in [0, 0.05) is 0 Å². The molecule has 0 heterocycles. The molecule has 1 unspecified atom stereocenters. The first kappa shape index (κ1) is 5.98. The molecule has 0 aliphatic rings. The van der Waals surface area contributed by atoms with E-state index in [1.807, 2.05) is 0 Å². The summed E-state index contributed by atoms with van der Waals surface area (Å²) in [6, 6.07) is 0. The lowest BCUT2D eigenvalue weighted by molar-refractivity contribution is -0.111. The Kier molecular flexibility index (Phi) is 3.17. The van der Waals surface area contributed by atoms with E-state index in [-0.39, 0.29) is 0 Å². The van der Waals surface area contributed by atoms with Gasteiger partial charge < -0.3 is 5.11 Å². The second kappa shape index (κ2) is 3.18. The molecule has 3 heteroatoms. The molecule has 0 radical (unpaired) electrons. The number of aliphatic hydroxyl groups is 1. The first-order valence-electron chi connectivity index (χ1n) is 1.47. The minimum Gasteiger partial charge on any atom is -0.375 e. The number of aldehydes is 1. The molecule has 0 aromatic heterocycles. The van der Waals surface area contributed by atoms with E-state index in [0.717, 1.165) is 11.8 Å². The van der Waals surface area contributed by atoms with E-state index < -0.39 is 5.44 Å². The fraction of sp³-hybridized carbons (Fsp3) is 0.667. The number of rotatable bonds is 2. The molecule has 0 rings (SSSR count). The van der Waals surface area contributed by atoms with Crippen molar-refractivity contribution in [3.63, 3.8) is 0 Å². The predicted molar refractivity (Wildman–Crippen MR) is 25.6 cm³/mol. The smallest absolute Gasteiger partial charge is 0.158 e. The lowest BCUT2D eigenvalue weighted by Gasteiger charge is -1.89. The highest BCUT2D eigenvalue weighted by atomic mass is 32.2. The van der Waals surface area contributed by atoms with E-state index in [2.05, 4.69) is 0 Å². The summed E-state index contributed by atoms with van der Waals surface area (Å²) in [5.74, 6) is 0. The Balaban J connectivity index is 2.96. The van der Waals surface area contributed by atoms with E-state index in [4.69, 9.17) is 5.11 Å². The van der Waals surface area contributed by atoms with Crippen LogP contribution in [0.3, 0.4) is 0 Å². The number of hydrogen-bond donors (Lipinski definition) is 1. The Hall–Kier alpha value is -0.0200. The summed E-state index contributed by atoms with van der Waals surface area (Å²) in [6.45, 7) is 0. The second-order valence-electron chi connectivity index (χ2n) is 0.762. The van der Waals surface area contributed by atoms with E-state index in [9.17, 15) is 4.79 Å². The van der Waals surface area contributed by atoms with Crippen LogP contribution in [0.2, 0.25) is 0 Å². The second-order valence-corrected chi connectivity index (χ2v) is 1.72. The molecule has 36 valence electrons. The Morgan fingerprint density at radius 1 is 2.00 bits per heavy atom. The highest BCUT2D eigenvalue weighted by Gasteiger charge is 1.91. The highest BCUT2D eigenvalue weighted by Crippen LogP contribution is 1.95. The van der Waals surface area contributed by atoms with Crippen LogP contribution >= 0.6 is 11.8 Å². The van der Waals surface area contributed by atoms with Gasteiger partial charge >= 0.3 is 0 Å². The molecule has 2 nitrogen and oxygen atoms in total. The Morgan fingerprint density at radius 2 is 2.50 bits per heavy atom. The highest BCUT2D eigenvalue weighted by molar-refractivity contribution is 7.99. The van der Waals surface area contributed by atoms with Crippen molar-refractivity contribution in [2.45, 2.75) is 5.44 Å². The van der Waals surface area contributed by atoms with Crippen molar-refractivity contribution < 1.29 is 9.90 Å². The van der Waals surface area contributed by atoms with Gasteiger partial charge in [-0.25, -0.2) is 0 Å². The molecule has 0 aromatic carbocycles. The molecular weight excluding hydrogens is 100 g/mol. The van der Waals surface area contributed by atoms with Gasteiger partial charge in [-0.15, -0.1) is 11.8 Å². The van der Waals surface area contributed by atoms with Crippen molar-refractivity contribution in [1.29, 1.82) is 0 Å². The van der Waals surface area contributed by atoms with Crippen LogP contribution in [0.4, 0.5) is 0 Å². The summed E-state index contributed by atoms with van der Waals surface area (Å²) < 4.78 is 0. The van der Waals surface area contributed by atoms with Crippen molar-refractivity contribution >= 4 is 18.0 Å². The van der Waals surface area contributed by atoms with Crippen molar-refractivity contribution in [3.8, 4) is 0 Å². The van der Waals surface area contributed by atoms with Crippen LogP contribution in [0.25, 0.3) is 0 Å². The third kappa shape index (κ3) is 2.23. The van der Waals surface area contributed by atoms with Crippen molar-refractivity contribution in [2.24, 2.45) is 0 Å².